The molecular weight excluding hydrogens is 476 g/mol. The number of nitrogens with one attached hydrogen (secondary N) is 1. The first-order valence-electron chi connectivity index (χ1n) is 10.6. The highest BCUT2D eigenvalue weighted by molar-refractivity contribution is 7.92. The van der Waals surface area contributed by atoms with E-state index >= 15 is 0 Å². The highest BCUT2D eigenvalue weighted by atomic mass is 35.5. The van der Waals surface area contributed by atoms with Gasteiger partial charge in [0.1, 0.15) is 0 Å². The van der Waals surface area contributed by atoms with E-state index in [0.29, 0.717) is 27.5 Å². The molecule has 34 heavy (non-hydrogen) atoms. The summed E-state index contributed by atoms with van der Waals surface area (Å²) in [5.41, 5.74) is 2.71. The number of anilines is 1. The molecule has 2 aromatic heterocycles. The lowest BCUT2D eigenvalue weighted by atomic mass is 10.1. The van der Waals surface area contributed by atoms with E-state index in [9.17, 15) is 18.3 Å². The Labute approximate surface area is 201 Å². The summed E-state index contributed by atoms with van der Waals surface area (Å²) >= 11 is 6.60. The summed E-state index contributed by atoms with van der Waals surface area (Å²) < 4.78 is 33.4. The van der Waals surface area contributed by atoms with Crippen molar-refractivity contribution in [2.45, 2.75) is 23.7 Å². The molecule has 1 saturated carbocycles. The number of benzene rings is 2. The van der Waals surface area contributed by atoms with Crippen molar-refractivity contribution in [1.29, 1.82) is 0 Å². The highest BCUT2D eigenvalue weighted by Gasteiger charge is 2.32. The van der Waals surface area contributed by atoms with E-state index < -0.39 is 16.0 Å². The molecule has 0 amide bonds. The van der Waals surface area contributed by atoms with Gasteiger partial charge in [0.2, 0.25) is 0 Å². The smallest absolute Gasteiger partial charge is 0.335 e. The van der Waals surface area contributed by atoms with Gasteiger partial charge >= 0.3 is 5.97 Å². The lowest BCUT2D eigenvalue weighted by molar-refractivity contribution is 0.0696. The molecule has 0 spiro atoms. The van der Waals surface area contributed by atoms with Crippen molar-refractivity contribution < 1.29 is 18.3 Å². The molecule has 174 valence electrons. The van der Waals surface area contributed by atoms with Crippen molar-refractivity contribution in [2.75, 3.05) is 4.72 Å². The van der Waals surface area contributed by atoms with Gasteiger partial charge in [-0.1, -0.05) is 17.7 Å². The quantitative estimate of drug-likeness (QED) is 0.378. The van der Waals surface area contributed by atoms with Crippen LogP contribution in [0.3, 0.4) is 0 Å². The fraction of sp³-hybridized carbons (Fsp3) is 0.167. The minimum absolute atomic E-state index is 0.0228. The Kier molecular flexibility index (Phi) is 5.45. The summed E-state index contributed by atoms with van der Waals surface area (Å²) in [7, 11) is -2.35. The molecule has 0 radical (unpaired) electrons. The van der Waals surface area contributed by atoms with Gasteiger partial charge in [0.15, 0.2) is 0 Å². The molecule has 2 heterocycles. The Morgan fingerprint density at radius 3 is 2.50 bits per heavy atom. The third kappa shape index (κ3) is 4.08. The van der Waals surface area contributed by atoms with E-state index in [-0.39, 0.29) is 16.4 Å². The van der Waals surface area contributed by atoms with Gasteiger partial charge in [0.05, 0.1) is 32.6 Å². The lowest BCUT2D eigenvalue weighted by Gasteiger charge is -2.18. The largest absolute Gasteiger partial charge is 0.478 e. The van der Waals surface area contributed by atoms with Gasteiger partial charge in [0, 0.05) is 31.2 Å². The number of halogens is 1. The van der Waals surface area contributed by atoms with Crippen LogP contribution in [0.2, 0.25) is 5.02 Å². The monoisotopic (exact) mass is 496 g/mol. The zero-order valence-electron chi connectivity index (χ0n) is 18.1. The van der Waals surface area contributed by atoms with Crippen molar-refractivity contribution in [1.82, 2.24) is 14.3 Å². The first kappa shape index (κ1) is 22.2. The molecule has 0 atom stereocenters. The maximum Gasteiger partial charge on any atom is 0.335 e. The molecule has 1 fully saturated rings. The SMILES string of the molecule is Cn1nccc1-c1cc(NS(=O)(=O)c2cc(C(=O)O)ccc2C2CC2)c(-n2cccc2)cc1Cl. The lowest BCUT2D eigenvalue weighted by Crippen LogP contribution is -2.17. The van der Waals surface area contributed by atoms with E-state index in [1.165, 1.54) is 12.1 Å². The number of aryl methyl sites for hydroxylation is 1. The zero-order chi connectivity index (χ0) is 24.0. The molecule has 2 aromatic carbocycles. The van der Waals surface area contributed by atoms with Crippen LogP contribution in [0.4, 0.5) is 5.69 Å². The van der Waals surface area contributed by atoms with Crippen LogP contribution in [-0.4, -0.2) is 33.8 Å². The molecule has 5 rings (SSSR count). The van der Waals surface area contributed by atoms with Crippen LogP contribution in [0.15, 0.2) is 72.0 Å². The number of nitrogens with zero attached hydrogens (tertiary/aromatic N) is 3. The first-order chi connectivity index (χ1) is 16.2. The number of rotatable bonds is 7. The number of aromatic nitrogens is 3. The number of hydrogen-bond acceptors (Lipinski definition) is 4. The maximum atomic E-state index is 13.6. The maximum absolute atomic E-state index is 13.6. The average Bonchev–Trinajstić information content (AvgIpc) is 3.32. The fourth-order valence-electron chi connectivity index (χ4n) is 4.02. The number of hydrogen-bond donors (Lipinski definition) is 2. The van der Waals surface area contributed by atoms with E-state index in [1.807, 2.05) is 12.1 Å². The number of carboxylic acid groups (broad SMARTS) is 1. The van der Waals surface area contributed by atoms with Gasteiger partial charge in [-0.2, -0.15) is 5.10 Å². The Balaban J connectivity index is 1.66. The summed E-state index contributed by atoms with van der Waals surface area (Å²) in [6, 6.07) is 13.1. The molecule has 10 heteroatoms. The standard InChI is InChI=1S/C24H21ClN4O4S/c1-28-21(8-9-26-28)18-13-20(22(14-19(18)25)29-10-2-3-11-29)27-34(32,33)23-12-16(24(30)31)6-7-17(23)15-4-5-15/h2-3,6-15,27H,4-5H2,1H3,(H,30,31). The number of sulfonamides is 1. The average molecular weight is 497 g/mol. The molecule has 8 nitrogen and oxygen atoms in total. The normalized spacial score (nSPS) is 13.7. The molecule has 4 aromatic rings. The van der Waals surface area contributed by atoms with Crippen LogP contribution >= 0.6 is 11.6 Å². The van der Waals surface area contributed by atoms with Crippen LogP contribution in [0, 0.1) is 0 Å². The summed E-state index contributed by atoms with van der Waals surface area (Å²) in [5.74, 6) is -1.08. The Hall–Kier alpha value is -3.56. The van der Waals surface area contributed by atoms with Gasteiger partial charge in [-0.25, -0.2) is 13.2 Å². The van der Waals surface area contributed by atoms with Crippen molar-refractivity contribution >= 4 is 33.3 Å². The molecule has 0 aliphatic heterocycles. The third-order valence-corrected chi connectivity index (χ3v) is 7.61. The van der Waals surface area contributed by atoms with Crippen LogP contribution in [0.1, 0.15) is 34.7 Å². The zero-order valence-corrected chi connectivity index (χ0v) is 19.7. The minimum Gasteiger partial charge on any atom is -0.478 e. The number of carboxylic acids is 1. The Bertz CT molecular complexity index is 1510. The van der Waals surface area contributed by atoms with Crippen LogP contribution in [0.25, 0.3) is 16.9 Å². The van der Waals surface area contributed by atoms with Crippen molar-refractivity contribution in [3.63, 3.8) is 0 Å². The van der Waals surface area contributed by atoms with Gasteiger partial charge in [-0.3, -0.25) is 9.40 Å². The van der Waals surface area contributed by atoms with Gasteiger partial charge < -0.3 is 9.67 Å². The highest BCUT2D eigenvalue weighted by Crippen LogP contribution is 2.44. The van der Waals surface area contributed by atoms with Crippen molar-refractivity contribution in [2.24, 2.45) is 7.05 Å². The van der Waals surface area contributed by atoms with E-state index in [4.69, 9.17) is 11.6 Å². The van der Waals surface area contributed by atoms with Crippen LogP contribution in [0.5, 0.6) is 0 Å². The third-order valence-electron chi connectivity index (χ3n) is 5.88. The minimum atomic E-state index is -4.12. The number of aromatic carboxylic acids is 1. The number of carbonyl (C=O) groups is 1. The molecule has 0 saturated heterocycles. The second-order valence-electron chi connectivity index (χ2n) is 8.22. The van der Waals surface area contributed by atoms with Gasteiger partial charge in [-0.05, 0) is 66.8 Å². The summed E-state index contributed by atoms with van der Waals surface area (Å²) in [6.07, 6.45) is 6.95. The van der Waals surface area contributed by atoms with Crippen LogP contribution < -0.4 is 4.72 Å². The molecule has 2 N–H and O–H groups in total. The Morgan fingerprint density at radius 1 is 1.15 bits per heavy atom. The van der Waals surface area contributed by atoms with Gasteiger partial charge in [0.25, 0.3) is 10.0 Å². The summed E-state index contributed by atoms with van der Waals surface area (Å²) in [5, 5.41) is 14.0. The first-order valence-corrected chi connectivity index (χ1v) is 12.5. The molecule has 0 unspecified atom stereocenters. The summed E-state index contributed by atoms with van der Waals surface area (Å²) in [4.78, 5) is 11.5. The topological polar surface area (TPSA) is 106 Å². The van der Waals surface area contributed by atoms with E-state index in [2.05, 4.69) is 9.82 Å². The second kappa shape index (κ2) is 8.34. The predicted octanol–water partition coefficient (Wildman–Crippen LogP) is 4.91. The molecule has 0 bridgehead atoms. The van der Waals surface area contributed by atoms with Crippen LogP contribution in [-0.2, 0) is 17.1 Å². The predicted molar refractivity (Wildman–Crippen MR) is 129 cm³/mol. The van der Waals surface area contributed by atoms with Gasteiger partial charge in [-0.15, -0.1) is 0 Å². The van der Waals surface area contributed by atoms with Crippen molar-refractivity contribution in [3.05, 3.63) is 83.3 Å². The summed E-state index contributed by atoms with van der Waals surface area (Å²) in [6.45, 7) is 0. The van der Waals surface area contributed by atoms with Crippen molar-refractivity contribution in [3.8, 4) is 16.9 Å². The van der Waals surface area contributed by atoms with E-state index in [0.717, 1.165) is 18.5 Å². The molecule has 1 aliphatic carbocycles. The molecule has 1 aliphatic rings. The second-order valence-corrected chi connectivity index (χ2v) is 10.3. The fourth-order valence-corrected chi connectivity index (χ4v) is 5.66. The van der Waals surface area contributed by atoms with E-state index in [1.54, 1.807) is 59.2 Å². The molecular formula is C24H21ClN4O4S. The Morgan fingerprint density at radius 2 is 1.88 bits per heavy atom.